The van der Waals surface area contributed by atoms with Crippen LogP contribution < -0.4 is 0 Å². The highest BCUT2D eigenvalue weighted by atomic mass is 16.5. The Bertz CT molecular complexity index is 350. The SMILES string of the molecule is O=C(O)c1ccoc1COC1CCCCC1. The second-order valence-electron chi connectivity index (χ2n) is 4.13. The minimum Gasteiger partial charge on any atom is -0.478 e. The predicted octanol–water partition coefficient (Wildman–Crippen LogP) is 2.83. The van der Waals surface area contributed by atoms with Gasteiger partial charge in [0.25, 0.3) is 0 Å². The molecule has 88 valence electrons. The Morgan fingerprint density at radius 2 is 2.19 bits per heavy atom. The second-order valence-corrected chi connectivity index (χ2v) is 4.13. The van der Waals surface area contributed by atoms with Gasteiger partial charge in [-0.1, -0.05) is 19.3 Å². The summed E-state index contributed by atoms with van der Waals surface area (Å²) in [4.78, 5) is 10.8. The van der Waals surface area contributed by atoms with Crippen molar-refractivity contribution in [3.05, 3.63) is 23.7 Å². The van der Waals surface area contributed by atoms with Crippen molar-refractivity contribution in [1.29, 1.82) is 0 Å². The topological polar surface area (TPSA) is 59.7 Å². The maximum Gasteiger partial charge on any atom is 0.339 e. The Hall–Kier alpha value is -1.29. The Morgan fingerprint density at radius 3 is 2.88 bits per heavy atom. The first-order valence-corrected chi connectivity index (χ1v) is 5.68. The van der Waals surface area contributed by atoms with Crippen LogP contribution in [0.1, 0.15) is 48.2 Å². The number of hydrogen-bond acceptors (Lipinski definition) is 3. The van der Waals surface area contributed by atoms with Crippen molar-refractivity contribution >= 4 is 5.97 Å². The molecule has 1 aliphatic rings. The zero-order valence-electron chi connectivity index (χ0n) is 9.15. The number of aromatic carboxylic acids is 1. The van der Waals surface area contributed by atoms with Crippen LogP contribution in [0.3, 0.4) is 0 Å². The number of rotatable bonds is 4. The van der Waals surface area contributed by atoms with Crippen molar-refractivity contribution in [3.8, 4) is 0 Å². The lowest BCUT2D eigenvalue weighted by Crippen LogP contribution is -2.16. The molecule has 1 fully saturated rings. The van der Waals surface area contributed by atoms with E-state index in [1.165, 1.54) is 31.6 Å². The maximum atomic E-state index is 10.8. The van der Waals surface area contributed by atoms with E-state index in [-0.39, 0.29) is 18.3 Å². The predicted molar refractivity (Wildman–Crippen MR) is 57.3 cm³/mol. The van der Waals surface area contributed by atoms with E-state index in [1.807, 2.05) is 0 Å². The van der Waals surface area contributed by atoms with Gasteiger partial charge in [-0.3, -0.25) is 0 Å². The number of carboxylic acid groups (broad SMARTS) is 1. The lowest BCUT2D eigenvalue weighted by Gasteiger charge is -2.21. The van der Waals surface area contributed by atoms with Gasteiger partial charge in [0.05, 0.1) is 12.4 Å². The summed E-state index contributed by atoms with van der Waals surface area (Å²) in [6.07, 6.45) is 7.49. The van der Waals surface area contributed by atoms with E-state index in [4.69, 9.17) is 14.3 Å². The molecule has 0 aromatic carbocycles. The monoisotopic (exact) mass is 224 g/mol. The van der Waals surface area contributed by atoms with Crippen LogP contribution in [0.15, 0.2) is 16.7 Å². The third-order valence-electron chi connectivity index (χ3n) is 2.98. The van der Waals surface area contributed by atoms with Gasteiger partial charge in [0.1, 0.15) is 17.9 Å². The molecular formula is C12H16O4. The van der Waals surface area contributed by atoms with Gasteiger partial charge in [-0.25, -0.2) is 4.79 Å². The highest BCUT2D eigenvalue weighted by Crippen LogP contribution is 2.22. The fourth-order valence-electron chi connectivity index (χ4n) is 2.07. The number of ether oxygens (including phenoxy) is 1. The Kier molecular flexibility index (Phi) is 3.62. The molecule has 1 aromatic rings. The number of carboxylic acids is 1. The van der Waals surface area contributed by atoms with Gasteiger partial charge in [0.15, 0.2) is 0 Å². The second kappa shape index (κ2) is 5.16. The van der Waals surface area contributed by atoms with Crippen LogP contribution in [-0.4, -0.2) is 17.2 Å². The van der Waals surface area contributed by atoms with Gasteiger partial charge in [0.2, 0.25) is 0 Å². The molecule has 0 bridgehead atoms. The largest absolute Gasteiger partial charge is 0.478 e. The number of furan rings is 1. The molecule has 1 N–H and O–H groups in total. The molecule has 1 aliphatic carbocycles. The maximum absolute atomic E-state index is 10.8. The van der Waals surface area contributed by atoms with Gasteiger partial charge in [-0.2, -0.15) is 0 Å². The van der Waals surface area contributed by atoms with Crippen LogP contribution in [0.2, 0.25) is 0 Å². The smallest absolute Gasteiger partial charge is 0.339 e. The zero-order valence-corrected chi connectivity index (χ0v) is 9.15. The molecule has 0 radical (unpaired) electrons. The summed E-state index contributed by atoms with van der Waals surface area (Å²) in [6, 6.07) is 1.46. The molecule has 2 rings (SSSR count). The normalized spacial score (nSPS) is 17.5. The molecule has 0 saturated heterocycles. The van der Waals surface area contributed by atoms with Crippen molar-refractivity contribution in [1.82, 2.24) is 0 Å². The molecule has 0 spiro atoms. The van der Waals surface area contributed by atoms with Gasteiger partial charge in [-0.15, -0.1) is 0 Å². The quantitative estimate of drug-likeness (QED) is 0.854. The number of carbonyl (C=O) groups is 1. The summed E-state index contributed by atoms with van der Waals surface area (Å²) in [5.41, 5.74) is 0.204. The fraction of sp³-hybridized carbons (Fsp3) is 0.583. The average Bonchev–Trinajstić information content (AvgIpc) is 2.76. The molecule has 0 amide bonds. The lowest BCUT2D eigenvalue weighted by molar-refractivity contribution is 0.00800. The Labute approximate surface area is 94.2 Å². The number of hydrogen-bond donors (Lipinski definition) is 1. The molecule has 4 nitrogen and oxygen atoms in total. The highest BCUT2D eigenvalue weighted by molar-refractivity contribution is 5.88. The van der Waals surface area contributed by atoms with E-state index in [0.717, 1.165) is 12.8 Å². The van der Waals surface area contributed by atoms with Crippen molar-refractivity contribution in [3.63, 3.8) is 0 Å². The van der Waals surface area contributed by atoms with Crippen LogP contribution >= 0.6 is 0 Å². The van der Waals surface area contributed by atoms with Crippen molar-refractivity contribution in [2.24, 2.45) is 0 Å². The molecular weight excluding hydrogens is 208 g/mol. The van der Waals surface area contributed by atoms with Crippen LogP contribution in [0, 0.1) is 0 Å². The molecule has 1 heterocycles. The first-order valence-electron chi connectivity index (χ1n) is 5.68. The third kappa shape index (κ3) is 2.64. The highest BCUT2D eigenvalue weighted by Gasteiger charge is 2.17. The van der Waals surface area contributed by atoms with Crippen molar-refractivity contribution in [2.45, 2.75) is 44.8 Å². The Balaban J connectivity index is 1.88. The first kappa shape index (κ1) is 11.2. The summed E-state index contributed by atoms with van der Waals surface area (Å²) in [6.45, 7) is 0.263. The summed E-state index contributed by atoms with van der Waals surface area (Å²) >= 11 is 0. The van der Waals surface area contributed by atoms with Crippen molar-refractivity contribution < 1.29 is 19.1 Å². The van der Waals surface area contributed by atoms with E-state index in [2.05, 4.69) is 0 Å². The average molecular weight is 224 g/mol. The minimum absolute atomic E-state index is 0.204. The summed E-state index contributed by atoms with van der Waals surface area (Å²) in [5, 5.41) is 8.88. The van der Waals surface area contributed by atoms with Gasteiger partial charge < -0.3 is 14.3 Å². The molecule has 0 atom stereocenters. The van der Waals surface area contributed by atoms with Crippen molar-refractivity contribution in [2.75, 3.05) is 0 Å². The van der Waals surface area contributed by atoms with Crippen LogP contribution in [0.5, 0.6) is 0 Å². The zero-order chi connectivity index (χ0) is 11.4. The van der Waals surface area contributed by atoms with Crippen LogP contribution in [-0.2, 0) is 11.3 Å². The molecule has 1 aromatic heterocycles. The van der Waals surface area contributed by atoms with E-state index >= 15 is 0 Å². The van der Waals surface area contributed by atoms with Crippen LogP contribution in [0.4, 0.5) is 0 Å². The van der Waals surface area contributed by atoms with Gasteiger partial charge >= 0.3 is 5.97 Å². The van der Waals surface area contributed by atoms with E-state index in [0.29, 0.717) is 5.76 Å². The standard InChI is InChI=1S/C12H16O4/c13-12(14)10-6-7-15-11(10)8-16-9-4-2-1-3-5-9/h6-7,9H,1-5,8H2,(H,13,14). The minimum atomic E-state index is -0.962. The Morgan fingerprint density at radius 1 is 1.44 bits per heavy atom. The van der Waals surface area contributed by atoms with Crippen LogP contribution in [0.25, 0.3) is 0 Å². The summed E-state index contributed by atoms with van der Waals surface area (Å²) in [5.74, 6) is -0.547. The molecule has 0 aliphatic heterocycles. The fourth-order valence-corrected chi connectivity index (χ4v) is 2.07. The van der Waals surface area contributed by atoms with E-state index in [9.17, 15) is 4.79 Å². The first-order chi connectivity index (χ1) is 7.77. The van der Waals surface area contributed by atoms with E-state index in [1.54, 1.807) is 0 Å². The van der Waals surface area contributed by atoms with Gasteiger partial charge in [0, 0.05) is 0 Å². The molecule has 16 heavy (non-hydrogen) atoms. The molecule has 1 saturated carbocycles. The van der Waals surface area contributed by atoms with E-state index < -0.39 is 5.97 Å². The third-order valence-corrected chi connectivity index (χ3v) is 2.98. The molecule has 4 heteroatoms. The van der Waals surface area contributed by atoms with Gasteiger partial charge in [-0.05, 0) is 18.9 Å². The lowest BCUT2D eigenvalue weighted by atomic mass is 9.98. The summed E-state index contributed by atoms with van der Waals surface area (Å²) < 4.78 is 10.8. The molecule has 0 unspecified atom stereocenters. The summed E-state index contributed by atoms with van der Waals surface area (Å²) in [7, 11) is 0.